The first-order valence-corrected chi connectivity index (χ1v) is 8.82. The summed E-state index contributed by atoms with van der Waals surface area (Å²) in [5.41, 5.74) is 5.54. The minimum atomic E-state index is -4.45. The van der Waals surface area contributed by atoms with Crippen LogP contribution in [0.2, 0.25) is 0 Å². The van der Waals surface area contributed by atoms with Gasteiger partial charge in [0.1, 0.15) is 11.3 Å². The molecule has 136 valence electrons. The largest absolute Gasteiger partial charge is 0.416 e. The third-order valence-corrected chi connectivity index (χ3v) is 5.09. The monoisotopic (exact) mass is 445 g/mol. The molecule has 0 aliphatic heterocycles. The van der Waals surface area contributed by atoms with E-state index in [-0.39, 0.29) is 23.7 Å². The number of aromatic nitrogens is 1. The summed E-state index contributed by atoms with van der Waals surface area (Å²) in [5, 5.41) is 6.35. The Labute approximate surface area is 158 Å². The smallest absolute Gasteiger partial charge is 0.367 e. The highest BCUT2D eigenvalue weighted by Crippen LogP contribution is 2.34. The molecule has 0 atom stereocenters. The number of amides is 1. The van der Waals surface area contributed by atoms with Gasteiger partial charge >= 0.3 is 6.18 Å². The van der Waals surface area contributed by atoms with E-state index < -0.39 is 17.6 Å². The number of nitrogens with zero attached hydrogens (tertiary/aromatic N) is 1. The summed E-state index contributed by atoms with van der Waals surface area (Å²) in [7, 11) is 0. The molecule has 0 aliphatic carbocycles. The van der Waals surface area contributed by atoms with Crippen molar-refractivity contribution in [1.82, 2.24) is 10.5 Å². The molecule has 3 aromatic rings. The van der Waals surface area contributed by atoms with Crippen molar-refractivity contribution in [1.29, 1.82) is 0 Å². The number of rotatable bonds is 4. The van der Waals surface area contributed by atoms with Gasteiger partial charge in [0.15, 0.2) is 0 Å². The van der Waals surface area contributed by atoms with Gasteiger partial charge in [-0.1, -0.05) is 17.3 Å². The van der Waals surface area contributed by atoms with E-state index in [2.05, 4.69) is 26.4 Å². The molecular formula is C16H11BrF3N3O2S. The van der Waals surface area contributed by atoms with Crippen LogP contribution in [0, 0.1) is 0 Å². The summed E-state index contributed by atoms with van der Waals surface area (Å²) in [6, 6.07) is 8.26. The van der Waals surface area contributed by atoms with Gasteiger partial charge in [-0.15, -0.1) is 11.3 Å². The number of alkyl halides is 3. The summed E-state index contributed by atoms with van der Waals surface area (Å²) >= 11 is 4.66. The Balaban J connectivity index is 1.79. The number of nitrogens with one attached hydrogen (secondary N) is 1. The first-order chi connectivity index (χ1) is 12.3. The van der Waals surface area contributed by atoms with Gasteiger partial charge in [0.25, 0.3) is 5.91 Å². The highest BCUT2D eigenvalue weighted by molar-refractivity contribution is 9.11. The van der Waals surface area contributed by atoms with Gasteiger partial charge < -0.3 is 15.6 Å². The molecule has 0 bridgehead atoms. The number of nitrogen functional groups attached to an aromatic ring is 1. The van der Waals surface area contributed by atoms with Crippen molar-refractivity contribution < 1.29 is 22.5 Å². The van der Waals surface area contributed by atoms with Crippen molar-refractivity contribution in [2.24, 2.45) is 0 Å². The van der Waals surface area contributed by atoms with E-state index >= 15 is 0 Å². The van der Waals surface area contributed by atoms with Gasteiger partial charge in [-0.2, -0.15) is 13.2 Å². The summed E-state index contributed by atoms with van der Waals surface area (Å²) in [5.74, 6) is -0.744. The molecule has 0 unspecified atom stereocenters. The van der Waals surface area contributed by atoms with Crippen LogP contribution < -0.4 is 11.1 Å². The summed E-state index contributed by atoms with van der Waals surface area (Å²) in [4.78, 5) is 13.1. The maximum Gasteiger partial charge on any atom is 0.416 e. The van der Waals surface area contributed by atoms with Crippen LogP contribution in [0.15, 0.2) is 44.7 Å². The molecule has 0 fully saturated rings. The number of hydrogen-bond acceptors (Lipinski definition) is 5. The first-order valence-electron chi connectivity index (χ1n) is 7.21. The van der Waals surface area contributed by atoms with Crippen LogP contribution >= 0.6 is 27.3 Å². The molecule has 0 saturated heterocycles. The molecule has 1 amide bonds. The molecule has 0 aliphatic rings. The normalized spacial score (nSPS) is 11.5. The highest BCUT2D eigenvalue weighted by Gasteiger charge is 2.30. The number of nitrogens with two attached hydrogens (primary N) is 1. The lowest BCUT2D eigenvalue weighted by atomic mass is 10.1. The van der Waals surface area contributed by atoms with Gasteiger partial charge in [-0.25, -0.2) is 0 Å². The van der Waals surface area contributed by atoms with E-state index in [4.69, 9.17) is 10.3 Å². The lowest BCUT2D eigenvalue weighted by molar-refractivity contribution is -0.137. The second-order valence-corrected chi connectivity index (χ2v) is 7.72. The predicted octanol–water partition coefficient (Wildman–Crippen LogP) is 4.70. The minimum Gasteiger partial charge on any atom is -0.367 e. The maximum absolute atomic E-state index is 12.8. The van der Waals surface area contributed by atoms with Crippen molar-refractivity contribution in [2.45, 2.75) is 12.7 Å². The minimum absolute atomic E-state index is 0.0475. The van der Waals surface area contributed by atoms with Crippen LogP contribution in [0.1, 0.15) is 21.5 Å². The van der Waals surface area contributed by atoms with Gasteiger partial charge in [0.05, 0.1) is 14.2 Å². The fourth-order valence-electron chi connectivity index (χ4n) is 2.26. The molecule has 1 aromatic carbocycles. The van der Waals surface area contributed by atoms with Gasteiger partial charge in [0, 0.05) is 6.54 Å². The zero-order chi connectivity index (χ0) is 18.9. The average molecular weight is 446 g/mol. The Hall–Kier alpha value is -2.33. The lowest BCUT2D eigenvalue weighted by Gasteiger charge is -2.09. The first kappa shape index (κ1) is 18.5. The molecule has 0 spiro atoms. The fourth-order valence-corrected chi connectivity index (χ4v) is 3.63. The zero-order valence-corrected chi connectivity index (χ0v) is 15.3. The Morgan fingerprint density at radius 3 is 2.73 bits per heavy atom. The second kappa shape index (κ2) is 7.12. The summed E-state index contributed by atoms with van der Waals surface area (Å²) < 4.78 is 44.0. The van der Waals surface area contributed by atoms with E-state index in [1.54, 1.807) is 12.1 Å². The van der Waals surface area contributed by atoms with Crippen molar-refractivity contribution >= 4 is 39.1 Å². The molecule has 3 rings (SSSR count). The van der Waals surface area contributed by atoms with Crippen molar-refractivity contribution in [3.05, 3.63) is 56.9 Å². The summed E-state index contributed by atoms with van der Waals surface area (Å²) in [6.07, 6.45) is -4.45. The molecule has 26 heavy (non-hydrogen) atoms. The fraction of sp³-hybridized carbons (Fsp3) is 0.125. The van der Waals surface area contributed by atoms with Crippen molar-refractivity contribution in [3.63, 3.8) is 0 Å². The molecule has 3 N–H and O–H groups in total. The molecule has 10 heteroatoms. The van der Waals surface area contributed by atoms with Gasteiger partial charge in [-0.3, -0.25) is 4.79 Å². The Morgan fingerprint density at radius 1 is 1.31 bits per heavy atom. The quantitative estimate of drug-likeness (QED) is 0.609. The second-order valence-electron chi connectivity index (χ2n) is 5.26. The van der Waals surface area contributed by atoms with E-state index in [9.17, 15) is 18.0 Å². The summed E-state index contributed by atoms with van der Waals surface area (Å²) in [6.45, 7) is -0.0963. The molecular weight excluding hydrogens is 435 g/mol. The third-order valence-electron chi connectivity index (χ3n) is 3.46. The number of benzene rings is 1. The number of halogens is 4. The van der Waals surface area contributed by atoms with E-state index in [1.165, 1.54) is 23.5 Å². The Kier molecular flexibility index (Phi) is 5.05. The number of carbonyl (C=O) groups excluding carboxylic acids is 1. The van der Waals surface area contributed by atoms with E-state index in [1.807, 2.05) is 0 Å². The number of thiophene rings is 1. The molecule has 2 heterocycles. The highest BCUT2D eigenvalue weighted by atomic mass is 79.9. The molecule has 2 aromatic heterocycles. The van der Waals surface area contributed by atoms with Crippen LogP contribution in [0.4, 0.5) is 19.1 Å². The molecule has 0 saturated carbocycles. The predicted molar refractivity (Wildman–Crippen MR) is 94.5 cm³/mol. The number of carbonyl (C=O) groups is 1. The van der Waals surface area contributed by atoms with Crippen LogP contribution in [0.25, 0.3) is 10.6 Å². The van der Waals surface area contributed by atoms with Crippen LogP contribution in [-0.4, -0.2) is 11.1 Å². The topological polar surface area (TPSA) is 81.2 Å². The number of anilines is 1. The van der Waals surface area contributed by atoms with Crippen LogP contribution in [0.5, 0.6) is 0 Å². The van der Waals surface area contributed by atoms with Crippen LogP contribution in [0.3, 0.4) is 0 Å². The van der Waals surface area contributed by atoms with Crippen LogP contribution in [-0.2, 0) is 12.7 Å². The van der Waals surface area contributed by atoms with Crippen molar-refractivity contribution in [2.75, 3.05) is 5.73 Å². The SMILES string of the molecule is Nc1onc(-c2ccc(Br)s2)c1C(=O)NCc1cccc(C(F)(F)F)c1. The Morgan fingerprint density at radius 2 is 2.08 bits per heavy atom. The standard InChI is InChI=1S/C16H11BrF3N3O2S/c17-11-5-4-10(26-11)13-12(14(21)25-23-13)15(24)22-7-8-2-1-3-9(6-8)16(18,19)20/h1-6H,7,21H2,(H,22,24). The van der Waals surface area contributed by atoms with Crippen molar-refractivity contribution in [3.8, 4) is 10.6 Å². The van der Waals surface area contributed by atoms with E-state index in [0.29, 0.717) is 10.4 Å². The van der Waals surface area contributed by atoms with Gasteiger partial charge in [0.2, 0.25) is 5.88 Å². The molecule has 0 radical (unpaired) electrons. The van der Waals surface area contributed by atoms with Gasteiger partial charge in [-0.05, 0) is 45.8 Å². The Bertz CT molecular complexity index is 952. The van der Waals surface area contributed by atoms with E-state index in [0.717, 1.165) is 15.9 Å². The third kappa shape index (κ3) is 3.91. The zero-order valence-electron chi connectivity index (χ0n) is 12.9. The average Bonchev–Trinajstić information content (AvgIpc) is 3.18. The number of hydrogen-bond donors (Lipinski definition) is 2. The molecule has 5 nitrogen and oxygen atoms in total. The lowest BCUT2D eigenvalue weighted by Crippen LogP contribution is -2.24. The maximum atomic E-state index is 12.8.